The Morgan fingerprint density at radius 3 is 2.61 bits per heavy atom. The average molecular weight is 468 g/mol. The maximum absolute atomic E-state index is 14.5. The number of pyridine rings is 1. The standard InChI is InChI=1S/C25H27ClFN5O/c1-18(2)33-24-11-10-21(13-23(24)27)30-25-29-16-31(15-22-5-3-4-12-28-22)17-32(25)14-19-6-8-20(26)9-7-19/h3-13,18H,14-17H2,1-2H3,(H,29,30). The first-order chi connectivity index (χ1) is 16.0. The Hall–Kier alpha value is -3.16. The Kier molecular flexibility index (Phi) is 7.42. The first kappa shape index (κ1) is 23.0. The number of anilines is 1. The molecule has 1 aliphatic rings. The minimum atomic E-state index is -0.411. The molecule has 0 radical (unpaired) electrons. The molecule has 0 fully saturated rings. The maximum Gasteiger partial charge on any atom is 0.201 e. The lowest BCUT2D eigenvalue weighted by Gasteiger charge is -2.36. The summed E-state index contributed by atoms with van der Waals surface area (Å²) in [7, 11) is 0. The van der Waals surface area contributed by atoms with Crippen LogP contribution in [0.4, 0.5) is 10.1 Å². The minimum Gasteiger partial charge on any atom is -0.488 e. The van der Waals surface area contributed by atoms with Gasteiger partial charge in [0.25, 0.3) is 0 Å². The minimum absolute atomic E-state index is 0.0963. The van der Waals surface area contributed by atoms with Gasteiger partial charge < -0.3 is 15.0 Å². The predicted octanol–water partition coefficient (Wildman–Crippen LogP) is 5.36. The molecule has 0 saturated carbocycles. The van der Waals surface area contributed by atoms with Gasteiger partial charge in [-0.05, 0) is 55.8 Å². The SMILES string of the molecule is CC(C)Oc1ccc(NC2=NCN(Cc3ccccn3)CN2Cc2ccc(Cl)cc2)cc1F. The summed E-state index contributed by atoms with van der Waals surface area (Å²) >= 11 is 6.05. The third-order valence-corrected chi connectivity index (χ3v) is 5.29. The second-order valence-corrected chi connectivity index (χ2v) is 8.61. The summed E-state index contributed by atoms with van der Waals surface area (Å²) in [5.41, 5.74) is 2.69. The van der Waals surface area contributed by atoms with Crippen molar-refractivity contribution in [3.05, 3.63) is 89.0 Å². The Morgan fingerprint density at radius 2 is 1.91 bits per heavy atom. The highest BCUT2D eigenvalue weighted by atomic mass is 35.5. The molecule has 33 heavy (non-hydrogen) atoms. The Bertz CT molecular complexity index is 1090. The molecule has 2 heterocycles. The van der Waals surface area contributed by atoms with Crippen molar-refractivity contribution in [2.75, 3.05) is 18.7 Å². The number of aromatic nitrogens is 1. The van der Waals surface area contributed by atoms with Crippen LogP contribution < -0.4 is 10.1 Å². The van der Waals surface area contributed by atoms with Crippen LogP contribution in [0.3, 0.4) is 0 Å². The molecular weight excluding hydrogens is 441 g/mol. The van der Waals surface area contributed by atoms with Crippen molar-refractivity contribution in [1.82, 2.24) is 14.8 Å². The van der Waals surface area contributed by atoms with Gasteiger partial charge in [0.1, 0.15) is 0 Å². The number of nitrogens with zero attached hydrogens (tertiary/aromatic N) is 4. The zero-order chi connectivity index (χ0) is 23.2. The molecule has 2 aromatic carbocycles. The molecule has 0 unspecified atom stereocenters. The van der Waals surface area contributed by atoms with Crippen LogP contribution >= 0.6 is 11.6 Å². The molecule has 0 spiro atoms. The molecule has 1 aliphatic heterocycles. The van der Waals surface area contributed by atoms with E-state index in [1.54, 1.807) is 18.3 Å². The third kappa shape index (κ3) is 6.43. The largest absolute Gasteiger partial charge is 0.488 e. The van der Waals surface area contributed by atoms with Gasteiger partial charge in [0, 0.05) is 36.1 Å². The highest BCUT2D eigenvalue weighted by Crippen LogP contribution is 2.23. The van der Waals surface area contributed by atoms with Gasteiger partial charge in [-0.3, -0.25) is 9.88 Å². The zero-order valence-electron chi connectivity index (χ0n) is 18.7. The van der Waals surface area contributed by atoms with Crippen molar-refractivity contribution < 1.29 is 9.13 Å². The average Bonchev–Trinajstić information content (AvgIpc) is 2.79. The molecular formula is C25H27ClFN5O. The molecule has 6 nitrogen and oxygen atoms in total. The highest BCUT2D eigenvalue weighted by Gasteiger charge is 2.22. The van der Waals surface area contributed by atoms with E-state index in [0.29, 0.717) is 43.1 Å². The van der Waals surface area contributed by atoms with E-state index in [4.69, 9.17) is 21.3 Å². The maximum atomic E-state index is 14.5. The molecule has 172 valence electrons. The topological polar surface area (TPSA) is 53.0 Å². The Labute approximate surface area is 198 Å². The lowest BCUT2D eigenvalue weighted by Crippen LogP contribution is -2.48. The van der Waals surface area contributed by atoms with Gasteiger partial charge in [-0.2, -0.15) is 0 Å². The molecule has 0 atom stereocenters. The number of guanidine groups is 1. The molecule has 8 heteroatoms. The smallest absolute Gasteiger partial charge is 0.201 e. The van der Waals surface area contributed by atoms with Crippen molar-refractivity contribution in [3.8, 4) is 5.75 Å². The number of hydrogen-bond acceptors (Lipinski definition) is 6. The molecule has 0 bridgehead atoms. The van der Waals surface area contributed by atoms with Crippen LogP contribution in [-0.2, 0) is 13.1 Å². The van der Waals surface area contributed by atoms with E-state index in [-0.39, 0.29) is 11.9 Å². The first-order valence-electron chi connectivity index (χ1n) is 10.9. The lowest BCUT2D eigenvalue weighted by molar-refractivity contribution is 0.159. The summed E-state index contributed by atoms with van der Waals surface area (Å²) in [6.07, 6.45) is 1.70. The van der Waals surface area contributed by atoms with Crippen LogP contribution in [0.15, 0.2) is 71.9 Å². The van der Waals surface area contributed by atoms with Crippen molar-refractivity contribution >= 4 is 23.2 Å². The van der Waals surface area contributed by atoms with Crippen LogP contribution in [0.25, 0.3) is 0 Å². The van der Waals surface area contributed by atoms with E-state index in [1.807, 2.05) is 56.3 Å². The molecule has 4 rings (SSSR count). The molecule has 3 aromatic rings. The molecule has 0 saturated heterocycles. The van der Waals surface area contributed by atoms with Gasteiger partial charge in [-0.25, -0.2) is 9.38 Å². The molecule has 1 N–H and O–H groups in total. The fraction of sp³-hybridized carbons (Fsp3) is 0.280. The summed E-state index contributed by atoms with van der Waals surface area (Å²) in [6, 6.07) is 18.5. The van der Waals surface area contributed by atoms with Crippen molar-refractivity contribution in [2.24, 2.45) is 4.99 Å². The van der Waals surface area contributed by atoms with E-state index < -0.39 is 5.82 Å². The van der Waals surface area contributed by atoms with Crippen molar-refractivity contribution in [2.45, 2.75) is 33.0 Å². The van der Waals surface area contributed by atoms with Crippen LogP contribution in [0.2, 0.25) is 5.02 Å². The summed E-state index contributed by atoms with van der Waals surface area (Å²) in [5.74, 6) is 0.506. The summed E-state index contributed by atoms with van der Waals surface area (Å²) in [4.78, 5) is 13.5. The summed E-state index contributed by atoms with van der Waals surface area (Å²) in [5, 5.41) is 3.98. The first-order valence-corrected chi connectivity index (χ1v) is 11.2. The van der Waals surface area contributed by atoms with Crippen molar-refractivity contribution in [1.29, 1.82) is 0 Å². The second kappa shape index (κ2) is 10.6. The molecule has 0 amide bonds. The fourth-order valence-corrected chi connectivity index (χ4v) is 3.68. The number of halogens is 2. The number of aliphatic imine (C=N–C) groups is 1. The molecule has 1 aromatic heterocycles. The Balaban J connectivity index is 1.52. The second-order valence-electron chi connectivity index (χ2n) is 8.18. The number of rotatable bonds is 7. The predicted molar refractivity (Wildman–Crippen MR) is 130 cm³/mol. The van der Waals surface area contributed by atoms with E-state index in [0.717, 1.165) is 11.3 Å². The van der Waals surface area contributed by atoms with Gasteiger partial charge >= 0.3 is 0 Å². The van der Waals surface area contributed by atoms with Crippen molar-refractivity contribution in [3.63, 3.8) is 0 Å². The van der Waals surface area contributed by atoms with Gasteiger partial charge in [0.15, 0.2) is 11.6 Å². The Morgan fingerprint density at radius 1 is 1.09 bits per heavy atom. The van der Waals surface area contributed by atoms with Gasteiger partial charge in [-0.15, -0.1) is 0 Å². The summed E-state index contributed by atoms with van der Waals surface area (Å²) in [6.45, 7) is 6.19. The number of ether oxygens (including phenoxy) is 1. The fourth-order valence-electron chi connectivity index (χ4n) is 3.55. The van der Waals surface area contributed by atoms with Crippen LogP contribution in [0, 0.1) is 5.82 Å². The van der Waals surface area contributed by atoms with Crippen LogP contribution in [0.1, 0.15) is 25.1 Å². The summed E-state index contributed by atoms with van der Waals surface area (Å²) < 4.78 is 20.0. The van der Waals surface area contributed by atoms with Crippen LogP contribution in [0.5, 0.6) is 5.75 Å². The quantitative estimate of drug-likeness (QED) is 0.506. The normalized spacial score (nSPS) is 14.3. The van der Waals surface area contributed by atoms with E-state index in [9.17, 15) is 4.39 Å². The third-order valence-electron chi connectivity index (χ3n) is 5.04. The van der Waals surface area contributed by atoms with E-state index >= 15 is 0 Å². The van der Waals surface area contributed by atoms with Gasteiger partial charge in [-0.1, -0.05) is 29.8 Å². The van der Waals surface area contributed by atoms with Gasteiger partial charge in [0.05, 0.1) is 25.1 Å². The number of benzene rings is 2. The molecule has 0 aliphatic carbocycles. The van der Waals surface area contributed by atoms with Gasteiger partial charge in [0.2, 0.25) is 5.96 Å². The number of hydrogen-bond donors (Lipinski definition) is 1. The van der Waals surface area contributed by atoms with E-state index in [1.165, 1.54) is 6.07 Å². The number of nitrogens with one attached hydrogen (secondary N) is 1. The van der Waals surface area contributed by atoms with Crippen LogP contribution in [-0.4, -0.2) is 40.2 Å². The zero-order valence-corrected chi connectivity index (χ0v) is 19.5. The highest BCUT2D eigenvalue weighted by molar-refractivity contribution is 6.30. The lowest BCUT2D eigenvalue weighted by atomic mass is 10.2. The van der Waals surface area contributed by atoms with E-state index in [2.05, 4.69) is 20.1 Å². The monoisotopic (exact) mass is 467 g/mol.